The molecule has 4 rings (SSSR count). The fourth-order valence-corrected chi connectivity index (χ4v) is 3.80. The van der Waals surface area contributed by atoms with Crippen molar-refractivity contribution in [3.63, 3.8) is 0 Å². The van der Waals surface area contributed by atoms with E-state index < -0.39 is 0 Å². The van der Waals surface area contributed by atoms with Gasteiger partial charge in [0.15, 0.2) is 5.82 Å². The van der Waals surface area contributed by atoms with E-state index in [0.717, 1.165) is 23.3 Å². The predicted molar refractivity (Wildman–Crippen MR) is 133 cm³/mol. The Balaban J connectivity index is 1.20. The molecule has 3 aromatic heterocycles. The van der Waals surface area contributed by atoms with Crippen LogP contribution in [0.25, 0.3) is 22.3 Å². The molecule has 11 nitrogen and oxygen atoms in total. The third-order valence-corrected chi connectivity index (χ3v) is 5.63. The Hall–Kier alpha value is -3.99. The van der Waals surface area contributed by atoms with E-state index in [2.05, 4.69) is 35.9 Å². The SMILES string of the molecule is CN(C)Cc1ccc(-c2noc(CCC(=O)NCCCNc3n[nH]c(=O)c4ccccc34)n2)n1C. The van der Waals surface area contributed by atoms with Crippen molar-refractivity contribution in [3.05, 3.63) is 58.3 Å². The molecule has 0 bridgehead atoms. The van der Waals surface area contributed by atoms with Crippen molar-refractivity contribution in [3.8, 4) is 11.5 Å². The van der Waals surface area contributed by atoms with E-state index in [0.29, 0.717) is 48.9 Å². The number of H-pyrrole nitrogens is 1. The fraction of sp³-hybridized carbons (Fsp3) is 0.375. The second kappa shape index (κ2) is 11.0. The van der Waals surface area contributed by atoms with Gasteiger partial charge in [-0.05, 0) is 38.7 Å². The first kappa shape index (κ1) is 24.1. The van der Waals surface area contributed by atoms with Crippen LogP contribution in [0.4, 0.5) is 5.82 Å². The fourth-order valence-electron chi connectivity index (χ4n) is 3.80. The molecule has 0 radical (unpaired) electrons. The van der Waals surface area contributed by atoms with Crippen LogP contribution in [0.2, 0.25) is 0 Å². The van der Waals surface area contributed by atoms with Gasteiger partial charge in [-0.1, -0.05) is 23.4 Å². The van der Waals surface area contributed by atoms with Gasteiger partial charge in [0.25, 0.3) is 5.56 Å². The number of rotatable bonds is 11. The lowest BCUT2D eigenvalue weighted by Crippen LogP contribution is -2.26. The second-order valence-electron chi connectivity index (χ2n) is 8.60. The number of nitrogens with zero attached hydrogens (tertiary/aromatic N) is 5. The summed E-state index contributed by atoms with van der Waals surface area (Å²) in [5.41, 5.74) is 1.80. The van der Waals surface area contributed by atoms with Crippen LogP contribution < -0.4 is 16.2 Å². The monoisotopic (exact) mass is 478 g/mol. The molecule has 0 unspecified atom stereocenters. The van der Waals surface area contributed by atoms with Crippen LogP contribution in [0.15, 0.2) is 45.7 Å². The number of carbonyl (C=O) groups is 1. The van der Waals surface area contributed by atoms with Crippen molar-refractivity contribution >= 4 is 22.5 Å². The molecule has 11 heteroatoms. The highest BCUT2D eigenvalue weighted by Gasteiger charge is 2.15. The van der Waals surface area contributed by atoms with Gasteiger partial charge >= 0.3 is 0 Å². The van der Waals surface area contributed by atoms with Gasteiger partial charge in [0, 0.05) is 50.6 Å². The van der Waals surface area contributed by atoms with Crippen molar-refractivity contribution in [2.24, 2.45) is 7.05 Å². The molecule has 0 atom stereocenters. The summed E-state index contributed by atoms with van der Waals surface area (Å²) < 4.78 is 7.39. The minimum absolute atomic E-state index is 0.0792. The van der Waals surface area contributed by atoms with Gasteiger partial charge in [-0.25, -0.2) is 5.10 Å². The largest absolute Gasteiger partial charge is 0.368 e. The Bertz CT molecular complexity index is 1350. The van der Waals surface area contributed by atoms with Crippen LogP contribution >= 0.6 is 0 Å². The molecule has 3 heterocycles. The molecular formula is C24H30N8O3. The van der Waals surface area contributed by atoms with E-state index in [9.17, 15) is 9.59 Å². The number of aromatic nitrogens is 5. The van der Waals surface area contributed by atoms with Crippen molar-refractivity contribution in [2.45, 2.75) is 25.8 Å². The van der Waals surface area contributed by atoms with Crippen LogP contribution in [0.1, 0.15) is 24.4 Å². The zero-order valence-corrected chi connectivity index (χ0v) is 20.2. The molecule has 0 aliphatic rings. The van der Waals surface area contributed by atoms with E-state index in [4.69, 9.17) is 4.52 Å². The number of aromatic amines is 1. The molecule has 184 valence electrons. The van der Waals surface area contributed by atoms with Gasteiger partial charge in [0.2, 0.25) is 17.6 Å². The molecule has 0 saturated carbocycles. The summed E-state index contributed by atoms with van der Waals surface area (Å²) in [5, 5.41) is 18.1. The molecule has 4 aromatic rings. The number of amides is 1. The minimum Gasteiger partial charge on any atom is -0.368 e. The smallest absolute Gasteiger partial charge is 0.272 e. The Labute approximate surface area is 202 Å². The van der Waals surface area contributed by atoms with E-state index in [1.54, 1.807) is 6.07 Å². The molecule has 0 aliphatic heterocycles. The lowest BCUT2D eigenvalue weighted by molar-refractivity contribution is -0.121. The average Bonchev–Trinajstić information content (AvgIpc) is 3.45. The molecule has 0 saturated heterocycles. The van der Waals surface area contributed by atoms with Gasteiger partial charge in [-0.15, -0.1) is 0 Å². The Morgan fingerprint density at radius 1 is 1.14 bits per heavy atom. The highest BCUT2D eigenvalue weighted by atomic mass is 16.5. The van der Waals surface area contributed by atoms with Gasteiger partial charge in [-0.2, -0.15) is 10.1 Å². The van der Waals surface area contributed by atoms with E-state index >= 15 is 0 Å². The summed E-state index contributed by atoms with van der Waals surface area (Å²) in [6.07, 6.45) is 1.34. The lowest BCUT2D eigenvalue weighted by Gasteiger charge is -2.11. The summed E-state index contributed by atoms with van der Waals surface area (Å²) in [4.78, 5) is 30.6. The normalized spacial score (nSPS) is 11.3. The zero-order valence-electron chi connectivity index (χ0n) is 20.2. The Morgan fingerprint density at radius 2 is 1.94 bits per heavy atom. The maximum absolute atomic E-state index is 12.2. The predicted octanol–water partition coefficient (Wildman–Crippen LogP) is 1.92. The molecule has 1 amide bonds. The number of aryl methyl sites for hydroxylation is 1. The number of anilines is 1. The standard InChI is InChI=1S/C24H30N8O3/c1-31(2)15-16-9-10-19(32(16)3)23-27-21(35-30-23)12-11-20(33)25-13-6-14-26-22-17-7-4-5-8-18(17)24(34)29-28-22/h4-5,7-10H,6,11-15H2,1-3H3,(H,25,33)(H,26,28)(H,29,34). The average molecular weight is 479 g/mol. The summed E-state index contributed by atoms with van der Waals surface area (Å²) in [6, 6.07) is 11.3. The van der Waals surface area contributed by atoms with Gasteiger partial charge in [0.05, 0.1) is 11.1 Å². The number of carbonyl (C=O) groups excluding carboxylic acids is 1. The van der Waals surface area contributed by atoms with Crippen LogP contribution in [0.3, 0.4) is 0 Å². The van der Waals surface area contributed by atoms with Crippen molar-refractivity contribution in [1.82, 2.24) is 35.1 Å². The van der Waals surface area contributed by atoms with Crippen molar-refractivity contribution in [2.75, 3.05) is 32.5 Å². The molecule has 35 heavy (non-hydrogen) atoms. The molecule has 0 fully saturated rings. The van der Waals surface area contributed by atoms with Crippen LogP contribution in [-0.2, 0) is 24.8 Å². The highest BCUT2D eigenvalue weighted by molar-refractivity contribution is 5.90. The number of benzene rings is 1. The third-order valence-electron chi connectivity index (χ3n) is 5.63. The first-order valence-electron chi connectivity index (χ1n) is 11.5. The van der Waals surface area contributed by atoms with Crippen molar-refractivity contribution < 1.29 is 9.32 Å². The number of hydrogen-bond donors (Lipinski definition) is 3. The number of fused-ring (bicyclic) bond motifs is 1. The summed E-state index contributed by atoms with van der Waals surface area (Å²) >= 11 is 0. The minimum atomic E-state index is -0.218. The van der Waals surface area contributed by atoms with Crippen LogP contribution in [-0.4, -0.2) is 62.9 Å². The summed E-state index contributed by atoms with van der Waals surface area (Å²) in [7, 11) is 6.01. The second-order valence-corrected chi connectivity index (χ2v) is 8.60. The van der Waals surface area contributed by atoms with Crippen molar-refractivity contribution in [1.29, 1.82) is 0 Å². The molecular weight excluding hydrogens is 448 g/mol. The molecule has 3 N–H and O–H groups in total. The lowest BCUT2D eigenvalue weighted by atomic mass is 10.2. The van der Waals surface area contributed by atoms with Crippen LogP contribution in [0.5, 0.6) is 0 Å². The maximum Gasteiger partial charge on any atom is 0.272 e. The van der Waals surface area contributed by atoms with E-state index in [1.165, 1.54) is 0 Å². The van der Waals surface area contributed by atoms with Gasteiger partial charge < -0.3 is 24.6 Å². The van der Waals surface area contributed by atoms with Gasteiger partial charge in [-0.3, -0.25) is 9.59 Å². The summed E-state index contributed by atoms with van der Waals surface area (Å²) in [5.74, 6) is 1.49. The van der Waals surface area contributed by atoms with E-state index in [-0.39, 0.29) is 17.9 Å². The van der Waals surface area contributed by atoms with Crippen LogP contribution in [0, 0.1) is 0 Å². The first-order chi connectivity index (χ1) is 16.9. The summed E-state index contributed by atoms with van der Waals surface area (Å²) in [6.45, 7) is 1.93. The van der Waals surface area contributed by atoms with Gasteiger partial charge in [0.1, 0.15) is 0 Å². The molecule has 1 aromatic carbocycles. The quantitative estimate of drug-likeness (QED) is 0.278. The number of hydrogen-bond acceptors (Lipinski definition) is 8. The Kier molecular flexibility index (Phi) is 7.56. The Morgan fingerprint density at radius 3 is 2.74 bits per heavy atom. The third kappa shape index (κ3) is 5.93. The molecule has 0 spiro atoms. The topological polar surface area (TPSA) is 134 Å². The number of nitrogens with one attached hydrogen (secondary N) is 3. The first-order valence-corrected chi connectivity index (χ1v) is 11.5. The van der Waals surface area contributed by atoms with E-state index in [1.807, 2.05) is 56.0 Å². The highest BCUT2D eigenvalue weighted by Crippen LogP contribution is 2.20. The molecule has 0 aliphatic carbocycles. The zero-order chi connectivity index (χ0) is 24.8. The maximum atomic E-state index is 12.2.